The molecule has 1 saturated heterocycles. The number of rotatable bonds is 4. The molecule has 1 aliphatic heterocycles. The van der Waals surface area contributed by atoms with Crippen LogP contribution < -0.4 is 15.0 Å². The van der Waals surface area contributed by atoms with Crippen LogP contribution in [0.25, 0.3) is 0 Å². The van der Waals surface area contributed by atoms with E-state index in [1.54, 1.807) is 7.11 Å². The average molecular weight is 313 g/mol. The maximum Gasteiger partial charge on any atom is 0.142 e. The lowest BCUT2D eigenvalue weighted by Gasteiger charge is -2.36. The first-order valence-electron chi connectivity index (χ1n) is 6.56. The molecule has 100 valence electrons. The van der Waals surface area contributed by atoms with Crippen molar-refractivity contribution >= 4 is 21.6 Å². The molecule has 0 spiro atoms. The maximum atomic E-state index is 5.47. The van der Waals surface area contributed by atoms with Gasteiger partial charge in [-0.3, -0.25) is 0 Å². The van der Waals surface area contributed by atoms with E-state index in [-0.39, 0.29) is 0 Å². The molecule has 2 rings (SSSR count). The Morgan fingerprint density at radius 2 is 2.33 bits per heavy atom. The Hall–Kier alpha value is -0.740. The second-order valence-corrected chi connectivity index (χ2v) is 5.62. The summed E-state index contributed by atoms with van der Waals surface area (Å²) < 4.78 is 6.57. The first kappa shape index (κ1) is 13.7. The Balaban J connectivity index is 2.17. The van der Waals surface area contributed by atoms with Gasteiger partial charge in [-0.25, -0.2) is 0 Å². The van der Waals surface area contributed by atoms with Gasteiger partial charge in [-0.1, -0.05) is 29.3 Å². The van der Waals surface area contributed by atoms with Gasteiger partial charge >= 0.3 is 0 Å². The van der Waals surface area contributed by atoms with Gasteiger partial charge in [0, 0.05) is 30.1 Å². The molecule has 18 heavy (non-hydrogen) atoms. The van der Waals surface area contributed by atoms with Crippen molar-refractivity contribution in [3.05, 3.63) is 22.7 Å². The second kappa shape index (κ2) is 6.43. The van der Waals surface area contributed by atoms with Gasteiger partial charge in [0.2, 0.25) is 0 Å². The van der Waals surface area contributed by atoms with E-state index in [0.29, 0.717) is 6.04 Å². The number of anilines is 1. The fourth-order valence-corrected chi connectivity index (χ4v) is 2.85. The minimum Gasteiger partial charge on any atom is -0.495 e. The number of piperazine rings is 1. The fourth-order valence-electron chi connectivity index (χ4n) is 2.50. The molecular weight excluding hydrogens is 292 g/mol. The third kappa shape index (κ3) is 3.18. The van der Waals surface area contributed by atoms with Crippen LogP contribution in [0.2, 0.25) is 0 Å². The Kier molecular flexibility index (Phi) is 4.89. The van der Waals surface area contributed by atoms with Gasteiger partial charge in [-0.2, -0.15) is 0 Å². The molecule has 1 aromatic rings. The van der Waals surface area contributed by atoms with Crippen molar-refractivity contribution in [1.82, 2.24) is 5.32 Å². The molecule has 1 fully saturated rings. The normalized spacial score (nSPS) is 19.9. The van der Waals surface area contributed by atoms with Crippen molar-refractivity contribution in [2.24, 2.45) is 0 Å². The van der Waals surface area contributed by atoms with E-state index in [2.05, 4.69) is 39.1 Å². The van der Waals surface area contributed by atoms with E-state index < -0.39 is 0 Å². The Morgan fingerprint density at radius 3 is 3.06 bits per heavy atom. The van der Waals surface area contributed by atoms with Crippen LogP contribution in [-0.2, 0) is 0 Å². The van der Waals surface area contributed by atoms with E-state index in [9.17, 15) is 0 Å². The molecule has 0 bridgehead atoms. The number of halogens is 1. The molecule has 1 heterocycles. The number of benzene rings is 1. The first-order chi connectivity index (χ1) is 8.74. The molecule has 1 aliphatic rings. The first-order valence-corrected chi connectivity index (χ1v) is 7.35. The van der Waals surface area contributed by atoms with Crippen LogP contribution in [0.15, 0.2) is 22.7 Å². The summed E-state index contributed by atoms with van der Waals surface area (Å²) in [6.45, 7) is 5.37. The number of ether oxygens (including phenoxy) is 1. The molecule has 0 aromatic heterocycles. The van der Waals surface area contributed by atoms with E-state index in [0.717, 1.165) is 29.9 Å². The predicted octanol–water partition coefficient (Wildman–Crippen LogP) is 3.04. The summed E-state index contributed by atoms with van der Waals surface area (Å²) in [6.07, 6.45) is 2.45. The largest absolute Gasteiger partial charge is 0.495 e. The molecular formula is C14H21BrN2O. The Labute approximate surface area is 118 Å². The van der Waals surface area contributed by atoms with Gasteiger partial charge in [0.25, 0.3) is 0 Å². The van der Waals surface area contributed by atoms with Gasteiger partial charge in [-0.15, -0.1) is 0 Å². The van der Waals surface area contributed by atoms with Gasteiger partial charge in [0.1, 0.15) is 5.75 Å². The smallest absolute Gasteiger partial charge is 0.142 e. The molecule has 0 saturated carbocycles. The standard InChI is InChI=1S/C14H21BrN2O/c1-3-4-12-10-17(8-7-16-12)13-9-11(15)5-6-14(13)18-2/h5-6,9,12,16H,3-4,7-8,10H2,1-2H3. The van der Waals surface area contributed by atoms with Gasteiger partial charge in [-0.05, 0) is 24.6 Å². The third-order valence-electron chi connectivity index (χ3n) is 3.37. The Bertz CT molecular complexity index is 395. The summed E-state index contributed by atoms with van der Waals surface area (Å²) in [5.74, 6) is 0.954. The highest BCUT2D eigenvalue weighted by Gasteiger charge is 2.21. The third-order valence-corrected chi connectivity index (χ3v) is 3.87. The topological polar surface area (TPSA) is 24.5 Å². The monoisotopic (exact) mass is 312 g/mol. The van der Waals surface area contributed by atoms with Crippen molar-refractivity contribution in [3.8, 4) is 5.75 Å². The highest BCUT2D eigenvalue weighted by atomic mass is 79.9. The predicted molar refractivity (Wildman–Crippen MR) is 79.6 cm³/mol. The molecule has 3 nitrogen and oxygen atoms in total. The van der Waals surface area contributed by atoms with Crippen molar-refractivity contribution < 1.29 is 4.74 Å². The minimum absolute atomic E-state index is 0.590. The maximum absolute atomic E-state index is 5.47. The zero-order valence-corrected chi connectivity index (χ0v) is 12.7. The molecule has 1 N–H and O–H groups in total. The quantitative estimate of drug-likeness (QED) is 0.925. The molecule has 1 aromatic carbocycles. The van der Waals surface area contributed by atoms with Gasteiger partial charge in [0.15, 0.2) is 0 Å². The summed E-state index contributed by atoms with van der Waals surface area (Å²) in [7, 11) is 1.73. The van der Waals surface area contributed by atoms with E-state index in [4.69, 9.17) is 4.74 Å². The molecule has 0 aliphatic carbocycles. The molecule has 0 amide bonds. The van der Waals surface area contributed by atoms with Crippen LogP contribution in [0.1, 0.15) is 19.8 Å². The van der Waals surface area contributed by atoms with Crippen molar-refractivity contribution in [2.75, 3.05) is 31.6 Å². The zero-order valence-electron chi connectivity index (χ0n) is 11.1. The van der Waals surface area contributed by atoms with Crippen molar-refractivity contribution in [2.45, 2.75) is 25.8 Å². The van der Waals surface area contributed by atoms with Crippen LogP contribution in [0, 0.1) is 0 Å². The van der Waals surface area contributed by atoms with Crippen LogP contribution in [0.5, 0.6) is 5.75 Å². The van der Waals surface area contributed by atoms with Crippen LogP contribution in [0.4, 0.5) is 5.69 Å². The van der Waals surface area contributed by atoms with Crippen LogP contribution in [-0.4, -0.2) is 32.8 Å². The van der Waals surface area contributed by atoms with E-state index in [1.165, 1.54) is 18.5 Å². The summed E-state index contributed by atoms with van der Waals surface area (Å²) in [5.41, 5.74) is 1.19. The summed E-state index contributed by atoms with van der Waals surface area (Å²) in [5, 5.41) is 3.58. The number of hydrogen-bond acceptors (Lipinski definition) is 3. The van der Waals surface area contributed by atoms with Gasteiger partial charge in [0.05, 0.1) is 12.8 Å². The summed E-state index contributed by atoms with van der Waals surface area (Å²) in [6, 6.07) is 6.78. The lowest BCUT2D eigenvalue weighted by Crippen LogP contribution is -2.50. The fraction of sp³-hybridized carbons (Fsp3) is 0.571. The molecule has 1 atom stereocenters. The highest BCUT2D eigenvalue weighted by molar-refractivity contribution is 9.10. The van der Waals surface area contributed by atoms with Crippen molar-refractivity contribution in [3.63, 3.8) is 0 Å². The second-order valence-electron chi connectivity index (χ2n) is 4.70. The van der Waals surface area contributed by atoms with Crippen molar-refractivity contribution in [1.29, 1.82) is 0 Å². The Morgan fingerprint density at radius 1 is 1.50 bits per heavy atom. The molecule has 1 unspecified atom stereocenters. The van der Waals surface area contributed by atoms with Crippen LogP contribution in [0.3, 0.4) is 0 Å². The van der Waals surface area contributed by atoms with E-state index >= 15 is 0 Å². The number of hydrogen-bond donors (Lipinski definition) is 1. The number of methoxy groups -OCH3 is 1. The SMILES string of the molecule is CCCC1CN(c2cc(Br)ccc2OC)CCN1. The summed E-state index contributed by atoms with van der Waals surface area (Å²) >= 11 is 3.54. The summed E-state index contributed by atoms with van der Waals surface area (Å²) in [4.78, 5) is 2.42. The average Bonchev–Trinajstić information content (AvgIpc) is 2.39. The minimum atomic E-state index is 0.590. The molecule has 4 heteroatoms. The zero-order chi connectivity index (χ0) is 13.0. The van der Waals surface area contributed by atoms with Crippen LogP contribution >= 0.6 is 15.9 Å². The lowest BCUT2D eigenvalue weighted by atomic mass is 10.1. The number of nitrogens with zero attached hydrogens (tertiary/aromatic N) is 1. The number of nitrogens with one attached hydrogen (secondary N) is 1. The molecule has 0 radical (unpaired) electrons. The van der Waals surface area contributed by atoms with E-state index in [1.807, 2.05) is 12.1 Å². The van der Waals surface area contributed by atoms with Gasteiger partial charge < -0.3 is 15.0 Å². The highest BCUT2D eigenvalue weighted by Crippen LogP contribution is 2.32. The lowest BCUT2D eigenvalue weighted by molar-refractivity contribution is 0.402.